The maximum absolute atomic E-state index is 5.76. The summed E-state index contributed by atoms with van der Waals surface area (Å²) >= 11 is 0. The molecule has 4 rings (SSSR count). The van der Waals surface area contributed by atoms with Crippen LogP contribution in [0.1, 0.15) is 35.5 Å². The van der Waals surface area contributed by atoms with E-state index in [1.807, 2.05) is 6.92 Å². The molecule has 0 radical (unpaired) electrons. The number of rotatable bonds is 3. The molecular weight excluding hydrogens is 312 g/mol. The van der Waals surface area contributed by atoms with E-state index in [0.717, 1.165) is 62.7 Å². The Hall–Kier alpha value is -1.78. The van der Waals surface area contributed by atoms with Gasteiger partial charge < -0.3 is 9.15 Å². The molecule has 0 bridgehead atoms. The van der Waals surface area contributed by atoms with Crippen molar-refractivity contribution >= 4 is 0 Å². The summed E-state index contributed by atoms with van der Waals surface area (Å²) in [5.74, 6) is 3.05. The van der Waals surface area contributed by atoms with E-state index in [2.05, 4.69) is 47.2 Å². The van der Waals surface area contributed by atoms with Gasteiger partial charge in [-0.05, 0) is 68.6 Å². The minimum atomic E-state index is 0.151. The summed E-state index contributed by atoms with van der Waals surface area (Å²) in [6, 6.07) is 10.8. The van der Waals surface area contributed by atoms with Gasteiger partial charge in [0.25, 0.3) is 0 Å². The van der Waals surface area contributed by atoms with Crippen LogP contribution in [0, 0.1) is 6.92 Å². The monoisotopic (exact) mass is 340 g/mol. The highest BCUT2D eigenvalue weighted by molar-refractivity contribution is 5.42. The van der Waals surface area contributed by atoms with Crippen molar-refractivity contribution in [1.29, 1.82) is 0 Å². The summed E-state index contributed by atoms with van der Waals surface area (Å²) in [4.78, 5) is 5.09. The topological polar surface area (TPSA) is 28.9 Å². The SMILES string of the molecule is COc1ccc2c(c1)C1(CCN(Cc3ccc(C)o3)CC1)N(C)CC2. The van der Waals surface area contributed by atoms with E-state index in [0.29, 0.717) is 0 Å². The van der Waals surface area contributed by atoms with Crippen LogP contribution in [0.15, 0.2) is 34.7 Å². The second-order valence-corrected chi connectivity index (χ2v) is 7.51. The van der Waals surface area contributed by atoms with Gasteiger partial charge in [0.15, 0.2) is 0 Å². The second kappa shape index (κ2) is 6.50. The Morgan fingerprint density at radius 3 is 2.60 bits per heavy atom. The predicted octanol–water partition coefficient (Wildman–Crippen LogP) is 3.58. The van der Waals surface area contributed by atoms with Crippen molar-refractivity contribution in [1.82, 2.24) is 9.80 Å². The number of benzene rings is 1. The van der Waals surface area contributed by atoms with Crippen molar-refractivity contribution in [2.75, 3.05) is 33.8 Å². The van der Waals surface area contributed by atoms with Gasteiger partial charge in [-0.15, -0.1) is 0 Å². The zero-order valence-electron chi connectivity index (χ0n) is 15.5. The first-order chi connectivity index (χ1) is 12.1. The molecule has 2 aromatic rings. The number of aryl methyl sites for hydroxylation is 1. The number of hydrogen-bond acceptors (Lipinski definition) is 4. The maximum Gasteiger partial charge on any atom is 0.119 e. The maximum atomic E-state index is 5.76. The molecule has 0 saturated carbocycles. The largest absolute Gasteiger partial charge is 0.497 e. The van der Waals surface area contributed by atoms with Crippen LogP contribution < -0.4 is 4.74 Å². The van der Waals surface area contributed by atoms with E-state index in [4.69, 9.17) is 9.15 Å². The van der Waals surface area contributed by atoms with Gasteiger partial charge in [0.05, 0.1) is 13.7 Å². The van der Waals surface area contributed by atoms with Crippen molar-refractivity contribution < 1.29 is 9.15 Å². The number of nitrogens with zero attached hydrogens (tertiary/aromatic N) is 2. The average Bonchev–Trinajstić information content (AvgIpc) is 3.04. The van der Waals surface area contributed by atoms with Gasteiger partial charge in [-0.1, -0.05) is 6.07 Å². The molecule has 0 amide bonds. The molecule has 4 nitrogen and oxygen atoms in total. The van der Waals surface area contributed by atoms with Crippen molar-refractivity contribution in [3.05, 3.63) is 53.0 Å². The molecule has 0 unspecified atom stereocenters. The van der Waals surface area contributed by atoms with Gasteiger partial charge in [0.2, 0.25) is 0 Å². The fraction of sp³-hybridized carbons (Fsp3) is 0.524. The van der Waals surface area contributed by atoms with Crippen molar-refractivity contribution in [3.8, 4) is 5.75 Å². The molecule has 1 fully saturated rings. The van der Waals surface area contributed by atoms with Gasteiger partial charge in [-0.25, -0.2) is 0 Å². The van der Waals surface area contributed by atoms with Crippen LogP contribution in [0.2, 0.25) is 0 Å². The van der Waals surface area contributed by atoms with Gasteiger partial charge in [0, 0.05) is 25.2 Å². The summed E-state index contributed by atoms with van der Waals surface area (Å²) in [6.07, 6.45) is 3.44. The number of likely N-dealkylation sites (N-methyl/N-ethyl adjacent to an activating group) is 1. The Labute approximate surface area is 150 Å². The van der Waals surface area contributed by atoms with E-state index >= 15 is 0 Å². The first-order valence-corrected chi connectivity index (χ1v) is 9.27. The summed E-state index contributed by atoms with van der Waals surface area (Å²) in [5.41, 5.74) is 3.13. The summed E-state index contributed by atoms with van der Waals surface area (Å²) in [7, 11) is 4.04. The van der Waals surface area contributed by atoms with Crippen LogP contribution in [-0.2, 0) is 18.5 Å². The molecule has 1 aromatic carbocycles. The summed E-state index contributed by atoms with van der Waals surface area (Å²) in [5, 5.41) is 0. The quantitative estimate of drug-likeness (QED) is 0.854. The molecule has 0 atom stereocenters. The lowest BCUT2D eigenvalue weighted by Gasteiger charge is -2.51. The summed E-state index contributed by atoms with van der Waals surface area (Å²) < 4.78 is 11.3. The average molecular weight is 340 g/mol. The highest BCUT2D eigenvalue weighted by Crippen LogP contribution is 2.44. The fourth-order valence-electron chi connectivity index (χ4n) is 4.56. The Bertz CT molecular complexity index is 744. The normalized spacial score (nSPS) is 20.6. The molecule has 1 saturated heterocycles. The Morgan fingerprint density at radius 1 is 1.12 bits per heavy atom. The number of piperidine rings is 1. The zero-order chi connectivity index (χ0) is 17.4. The Morgan fingerprint density at radius 2 is 1.92 bits per heavy atom. The van der Waals surface area contributed by atoms with Crippen molar-refractivity contribution in [2.45, 2.75) is 38.3 Å². The van der Waals surface area contributed by atoms with E-state index in [1.54, 1.807) is 7.11 Å². The number of ether oxygens (including phenoxy) is 1. The molecule has 2 aliphatic rings. The smallest absolute Gasteiger partial charge is 0.119 e. The van der Waals surface area contributed by atoms with E-state index in [9.17, 15) is 0 Å². The zero-order valence-corrected chi connectivity index (χ0v) is 15.5. The molecule has 25 heavy (non-hydrogen) atoms. The van der Waals surface area contributed by atoms with Crippen LogP contribution in [0.4, 0.5) is 0 Å². The number of hydrogen-bond donors (Lipinski definition) is 0. The first kappa shape index (κ1) is 16.7. The number of fused-ring (bicyclic) bond motifs is 2. The highest BCUT2D eigenvalue weighted by atomic mass is 16.5. The highest BCUT2D eigenvalue weighted by Gasteiger charge is 2.43. The van der Waals surface area contributed by atoms with Gasteiger partial charge >= 0.3 is 0 Å². The Balaban J connectivity index is 1.55. The van der Waals surface area contributed by atoms with Crippen LogP contribution in [0.5, 0.6) is 5.75 Å². The number of furan rings is 1. The van der Waals surface area contributed by atoms with Crippen LogP contribution in [0.25, 0.3) is 0 Å². The van der Waals surface area contributed by atoms with Gasteiger partial charge in [-0.2, -0.15) is 0 Å². The molecule has 2 aliphatic heterocycles. The third-order valence-electron chi connectivity index (χ3n) is 6.12. The van der Waals surface area contributed by atoms with Crippen molar-refractivity contribution in [2.24, 2.45) is 0 Å². The lowest BCUT2D eigenvalue weighted by molar-refractivity contribution is 0.0233. The standard InChI is InChI=1S/C21H28N2O2/c1-16-4-6-19(25-16)15-23-12-9-21(10-13-23)20-14-18(24-3)7-5-17(20)8-11-22(21)2/h4-7,14H,8-13,15H2,1-3H3. The molecule has 0 aliphatic carbocycles. The fourth-order valence-corrected chi connectivity index (χ4v) is 4.56. The second-order valence-electron chi connectivity index (χ2n) is 7.51. The number of likely N-dealkylation sites (tertiary alicyclic amines) is 1. The minimum absolute atomic E-state index is 0.151. The molecular formula is C21H28N2O2. The third-order valence-corrected chi connectivity index (χ3v) is 6.12. The molecule has 1 spiro atoms. The third kappa shape index (κ3) is 2.98. The number of methoxy groups -OCH3 is 1. The van der Waals surface area contributed by atoms with Gasteiger partial charge in [-0.3, -0.25) is 9.80 Å². The van der Waals surface area contributed by atoms with Crippen LogP contribution in [0.3, 0.4) is 0 Å². The predicted molar refractivity (Wildman–Crippen MR) is 99.0 cm³/mol. The molecule has 4 heteroatoms. The first-order valence-electron chi connectivity index (χ1n) is 9.27. The molecule has 0 N–H and O–H groups in total. The molecule has 1 aromatic heterocycles. The van der Waals surface area contributed by atoms with Crippen LogP contribution >= 0.6 is 0 Å². The lowest BCUT2D eigenvalue weighted by atomic mass is 9.74. The van der Waals surface area contributed by atoms with E-state index in [1.165, 1.54) is 11.1 Å². The molecule has 3 heterocycles. The van der Waals surface area contributed by atoms with E-state index < -0.39 is 0 Å². The minimum Gasteiger partial charge on any atom is -0.497 e. The van der Waals surface area contributed by atoms with E-state index in [-0.39, 0.29) is 5.54 Å². The lowest BCUT2D eigenvalue weighted by Crippen LogP contribution is -2.54. The van der Waals surface area contributed by atoms with Crippen molar-refractivity contribution in [3.63, 3.8) is 0 Å². The molecule has 134 valence electrons. The Kier molecular flexibility index (Phi) is 4.34. The summed E-state index contributed by atoms with van der Waals surface area (Å²) in [6.45, 7) is 6.26. The van der Waals surface area contributed by atoms with Gasteiger partial charge in [0.1, 0.15) is 17.3 Å². The van der Waals surface area contributed by atoms with Crippen LogP contribution in [-0.4, -0.2) is 43.6 Å².